The van der Waals surface area contributed by atoms with Crippen molar-refractivity contribution < 1.29 is 4.39 Å². The van der Waals surface area contributed by atoms with Crippen LogP contribution in [0, 0.1) is 18.7 Å². The van der Waals surface area contributed by atoms with E-state index in [1.54, 1.807) is 6.07 Å². The van der Waals surface area contributed by atoms with Gasteiger partial charge in [-0.1, -0.05) is 6.92 Å². The molecule has 2 unspecified atom stereocenters. The van der Waals surface area contributed by atoms with Gasteiger partial charge in [0.25, 0.3) is 0 Å². The number of aryl methyl sites for hydroxylation is 2. The van der Waals surface area contributed by atoms with E-state index in [-0.39, 0.29) is 5.82 Å². The van der Waals surface area contributed by atoms with Crippen LogP contribution in [0.1, 0.15) is 43.6 Å². The van der Waals surface area contributed by atoms with Crippen LogP contribution in [0.5, 0.6) is 0 Å². The van der Waals surface area contributed by atoms with Crippen LogP contribution in [-0.4, -0.2) is 15.4 Å². The first-order chi connectivity index (χ1) is 9.60. The molecule has 20 heavy (non-hydrogen) atoms. The van der Waals surface area contributed by atoms with Gasteiger partial charge in [-0.3, -0.25) is 0 Å². The quantitative estimate of drug-likeness (QED) is 0.755. The van der Waals surface area contributed by atoms with Gasteiger partial charge in [0.05, 0.1) is 11.0 Å². The number of benzene rings is 1. The third-order valence-corrected chi connectivity index (χ3v) is 4.58. The largest absolute Gasteiger partial charge is 0.325 e. The third kappa shape index (κ3) is 2.32. The Labute approximate surface area is 123 Å². The maximum absolute atomic E-state index is 13.7. The maximum atomic E-state index is 13.7. The van der Waals surface area contributed by atoms with Crippen LogP contribution in [0.25, 0.3) is 11.0 Å². The van der Waals surface area contributed by atoms with Gasteiger partial charge >= 0.3 is 0 Å². The van der Waals surface area contributed by atoms with Crippen LogP contribution in [0.3, 0.4) is 0 Å². The van der Waals surface area contributed by atoms with E-state index in [0.717, 1.165) is 29.2 Å². The Morgan fingerprint density at radius 2 is 2.20 bits per heavy atom. The summed E-state index contributed by atoms with van der Waals surface area (Å²) in [5.74, 6) is 2.12. The Balaban J connectivity index is 2.15. The average Bonchev–Trinajstić information content (AvgIpc) is 2.94. The molecule has 1 saturated carbocycles. The molecule has 108 valence electrons. The number of aromatic nitrogens is 2. The van der Waals surface area contributed by atoms with E-state index in [2.05, 4.69) is 16.5 Å². The molecule has 0 radical (unpaired) electrons. The predicted octanol–water partition coefficient (Wildman–Crippen LogP) is 4.63. The molecule has 1 aliphatic rings. The number of hydrogen-bond donors (Lipinski definition) is 0. The minimum Gasteiger partial charge on any atom is -0.325 e. The standard InChI is InChI=1S/C16H20ClFN2/c1-10-3-4-12(7-10)20-15-8-11(2)13(18)9-14(15)19-16(20)5-6-17/h8-10,12H,3-7H2,1-2H3. The van der Waals surface area contributed by atoms with E-state index < -0.39 is 0 Å². The minimum atomic E-state index is -0.181. The number of imidazole rings is 1. The summed E-state index contributed by atoms with van der Waals surface area (Å²) in [6, 6.07) is 3.97. The van der Waals surface area contributed by atoms with Crippen molar-refractivity contribution in [2.45, 2.75) is 45.6 Å². The minimum absolute atomic E-state index is 0.181. The molecular weight excluding hydrogens is 275 g/mol. The molecule has 3 rings (SSSR count). The summed E-state index contributed by atoms with van der Waals surface area (Å²) in [7, 11) is 0. The highest BCUT2D eigenvalue weighted by molar-refractivity contribution is 6.17. The van der Waals surface area contributed by atoms with Crippen LogP contribution in [0.4, 0.5) is 4.39 Å². The van der Waals surface area contributed by atoms with Crippen molar-refractivity contribution in [3.8, 4) is 0 Å². The number of hydrogen-bond acceptors (Lipinski definition) is 1. The normalized spacial score (nSPS) is 22.8. The van der Waals surface area contributed by atoms with E-state index in [1.165, 1.54) is 19.3 Å². The first kappa shape index (κ1) is 13.9. The molecule has 0 bridgehead atoms. The van der Waals surface area contributed by atoms with E-state index in [0.29, 0.717) is 17.5 Å². The highest BCUT2D eigenvalue weighted by Gasteiger charge is 2.26. The lowest BCUT2D eigenvalue weighted by Crippen LogP contribution is -2.10. The second-order valence-corrected chi connectivity index (χ2v) is 6.38. The summed E-state index contributed by atoms with van der Waals surface area (Å²) >= 11 is 5.91. The lowest BCUT2D eigenvalue weighted by Gasteiger charge is -2.16. The van der Waals surface area contributed by atoms with Gasteiger partial charge < -0.3 is 4.57 Å². The molecular formula is C16H20ClFN2. The molecule has 4 heteroatoms. The molecule has 0 aliphatic heterocycles. The Kier molecular flexibility index (Phi) is 3.72. The Morgan fingerprint density at radius 3 is 2.85 bits per heavy atom. The summed E-state index contributed by atoms with van der Waals surface area (Å²) < 4.78 is 16.1. The van der Waals surface area contributed by atoms with Crippen molar-refractivity contribution in [3.63, 3.8) is 0 Å². The molecule has 2 nitrogen and oxygen atoms in total. The smallest absolute Gasteiger partial charge is 0.128 e. The van der Waals surface area contributed by atoms with Crippen LogP contribution in [0.15, 0.2) is 12.1 Å². The zero-order valence-corrected chi connectivity index (χ0v) is 12.8. The molecule has 1 aromatic heterocycles. The van der Waals surface area contributed by atoms with Gasteiger partial charge in [0, 0.05) is 24.4 Å². The number of nitrogens with zero attached hydrogens (tertiary/aromatic N) is 2. The van der Waals surface area contributed by atoms with Crippen LogP contribution in [0.2, 0.25) is 0 Å². The fourth-order valence-electron chi connectivity index (χ4n) is 3.35. The average molecular weight is 295 g/mol. The number of fused-ring (bicyclic) bond motifs is 1. The summed E-state index contributed by atoms with van der Waals surface area (Å²) in [6.45, 7) is 4.11. The fraction of sp³-hybridized carbons (Fsp3) is 0.562. The van der Waals surface area contributed by atoms with Gasteiger partial charge in [-0.2, -0.15) is 0 Å². The zero-order valence-electron chi connectivity index (χ0n) is 12.0. The number of alkyl halides is 1. The molecule has 1 aromatic carbocycles. The zero-order chi connectivity index (χ0) is 14.3. The maximum Gasteiger partial charge on any atom is 0.128 e. The molecule has 0 spiro atoms. The molecule has 0 saturated heterocycles. The molecule has 1 fully saturated rings. The molecule has 0 N–H and O–H groups in total. The summed E-state index contributed by atoms with van der Waals surface area (Å²) in [4.78, 5) is 4.61. The van der Waals surface area contributed by atoms with Crippen molar-refractivity contribution in [2.24, 2.45) is 5.92 Å². The fourth-order valence-corrected chi connectivity index (χ4v) is 3.52. The van der Waals surface area contributed by atoms with Crippen molar-refractivity contribution in [1.82, 2.24) is 9.55 Å². The Morgan fingerprint density at radius 1 is 1.40 bits per heavy atom. The second kappa shape index (κ2) is 5.36. The lowest BCUT2D eigenvalue weighted by molar-refractivity contribution is 0.490. The topological polar surface area (TPSA) is 17.8 Å². The van der Waals surface area contributed by atoms with E-state index in [4.69, 9.17) is 11.6 Å². The van der Waals surface area contributed by atoms with Gasteiger partial charge in [0.1, 0.15) is 11.6 Å². The van der Waals surface area contributed by atoms with Crippen molar-refractivity contribution in [3.05, 3.63) is 29.3 Å². The van der Waals surface area contributed by atoms with Crippen LogP contribution in [-0.2, 0) is 6.42 Å². The van der Waals surface area contributed by atoms with Gasteiger partial charge in [0.15, 0.2) is 0 Å². The molecule has 2 atom stereocenters. The van der Waals surface area contributed by atoms with Crippen LogP contribution < -0.4 is 0 Å². The molecule has 0 amide bonds. The van der Waals surface area contributed by atoms with Crippen LogP contribution >= 0.6 is 11.6 Å². The Bertz CT molecular complexity index is 635. The van der Waals surface area contributed by atoms with E-state index in [9.17, 15) is 4.39 Å². The summed E-state index contributed by atoms with van der Waals surface area (Å²) in [6.07, 6.45) is 4.35. The second-order valence-electron chi connectivity index (χ2n) is 6.00. The van der Waals surface area contributed by atoms with Crippen molar-refractivity contribution >= 4 is 22.6 Å². The van der Waals surface area contributed by atoms with Gasteiger partial charge in [0.2, 0.25) is 0 Å². The van der Waals surface area contributed by atoms with Crippen molar-refractivity contribution in [1.29, 1.82) is 0 Å². The first-order valence-electron chi connectivity index (χ1n) is 7.33. The van der Waals surface area contributed by atoms with E-state index in [1.807, 2.05) is 13.0 Å². The number of rotatable bonds is 3. The van der Waals surface area contributed by atoms with E-state index >= 15 is 0 Å². The highest BCUT2D eigenvalue weighted by Crippen LogP contribution is 2.37. The third-order valence-electron chi connectivity index (χ3n) is 4.39. The number of halogens is 2. The lowest BCUT2D eigenvalue weighted by atomic mass is 10.1. The monoisotopic (exact) mass is 294 g/mol. The SMILES string of the molecule is Cc1cc2c(cc1F)nc(CCCl)n2C1CCC(C)C1. The summed E-state index contributed by atoms with van der Waals surface area (Å²) in [5.41, 5.74) is 2.50. The highest BCUT2D eigenvalue weighted by atomic mass is 35.5. The summed E-state index contributed by atoms with van der Waals surface area (Å²) in [5, 5.41) is 0. The van der Waals surface area contributed by atoms with Gasteiger partial charge in [-0.05, 0) is 43.7 Å². The predicted molar refractivity (Wildman–Crippen MR) is 80.9 cm³/mol. The van der Waals surface area contributed by atoms with Gasteiger partial charge in [-0.25, -0.2) is 9.37 Å². The molecule has 2 aromatic rings. The first-order valence-corrected chi connectivity index (χ1v) is 7.86. The molecule has 1 aliphatic carbocycles. The van der Waals surface area contributed by atoms with Crippen molar-refractivity contribution in [2.75, 3.05) is 5.88 Å². The Hall–Kier alpha value is -1.09. The molecule has 1 heterocycles. The van der Waals surface area contributed by atoms with Gasteiger partial charge in [-0.15, -0.1) is 11.6 Å².